The second kappa shape index (κ2) is 9.27. The molecule has 0 saturated heterocycles. The van der Waals surface area contributed by atoms with Gasteiger partial charge in [-0.3, -0.25) is 5.10 Å². The molecule has 5 rings (SSSR count). The maximum absolute atomic E-state index is 5.93. The normalized spacial score (nSPS) is 11.2. The lowest BCUT2D eigenvalue weighted by molar-refractivity contribution is 0.302. The third-order valence-electron chi connectivity index (χ3n) is 5.26. The third-order valence-corrected chi connectivity index (χ3v) is 5.26. The van der Waals surface area contributed by atoms with Crippen LogP contribution in [0.2, 0.25) is 0 Å². The van der Waals surface area contributed by atoms with E-state index in [9.17, 15) is 0 Å². The molecule has 156 valence electrons. The molecule has 0 fully saturated rings. The van der Waals surface area contributed by atoms with Crippen LogP contribution >= 0.6 is 0 Å². The predicted molar refractivity (Wildman–Crippen MR) is 127 cm³/mol. The Hall–Kier alpha value is -4.25. The summed E-state index contributed by atoms with van der Waals surface area (Å²) in [5.41, 5.74) is 5.36. The quantitative estimate of drug-likeness (QED) is 0.345. The molecular weight excluding hydrogens is 396 g/mol. The molecule has 0 aliphatic rings. The summed E-state index contributed by atoms with van der Waals surface area (Å²) in [5, 5.41) is 7.98. The molecule has 5 heteroatoms. The Labute approximate surface area is 186 Å². The SMILES string of the molecule is C(=C\c1ccccc1Cc1ncn[nH]1)/c1ccc(OCc2ccc3ccccc3n2)cc1. The first-order valence-electron chi connectivity index (χ1n) is 10.5. The van der Waals surface area contributed by atoms with Gasteiger partial charge in [-0.2, -0.15) is 5.10 Å². The van der Waals surface area contributed by atoms with Gasteiger partial charge in [0, 0.05) is 11.8 Å². The number of nitrogens with one attached hydrogen (secondary N) is 1. The molecule has 1 N–H and O–H groups in total. The predicted octanol–water partition coefficient (Wildman–Crippen LogP) is 5.69. The smallest absolute Gasteiger partial charge is 0.137 e. The monoisotopic (exact) mass is 418 g/mol. The molecule has 3 aromatic carbocycles. The Balaban J connectivity index is 1.23. The minimum absolute atomic E-state index is 0.440. The second-order valence-electron chi connectivity index (χ2n) is 7.49. The zero-order valence-corrected chi connectivity index (χ0v) is 17.5. The molecule has 0 spiro atoms. The molecule has 0 atom stereocenters. The van der Waals surface area contributed by atoms with Crippen LogP contribution in [0.3, 0.4) is 0 Å². The lowest BCUT2D eigenvalue weighted by Gasteiger charge is -2.07. The van der Waals surface area contributed by atoms with Crippen LogP contribution in [0.1, 0.15) is 28.2 Å². The highest BCUT2D eigenvalue weighted by atomic mass is 16.5. The van der Waals surface area contributed by atoms with Crippen LogP contribution in [0.25, 0.3) is 23.1 Å². The van der Waals surface area contributed by atoms with Gasteiger partial charge >= 0.3 is 0 Å². The zero-order chi connectivity index (χ0) is 21.6. The lowest BCUT2D eigenvalue weighted by atomic mass is 10.0. The average Bonchev–Trinajstić information content (AvgIpc) is 3.36. The highest BCUT2D eigenvalue weighted by molar-refractivity contribution is 5.78. The Bertz CT molecular complexity index is 1340. The summed E-state index contributed by atoms with van der Waals surface area (Å²) < 4.78 is 5.93. The molecule has 0 radical (unpaired) electrons. The maximum Gasteiger partial charge on any atom is 0.137 e. The Morgan fingerprint density at radius 1 is 0.812 bits per heavy atom. The van der Waals surface area contributed by atoms with Crippen molar-refractivity contribution >= 4 is 23.1 Å². The summed E-state index contributed by atoms with van der Waals surface area (Å²) in [4.78, 5) is 8.88. The van der Waals surface area contributed by atoms with Gasteiger partial charge in [0.1, 0.15) is 24.5 Å². The molecule has 0 aliphatic heterocycles. The molecule has 0 bridgehead atoms. The summed E-state index contributed by atoms with van der Waals surface area (Å²) in [6, 6.07) is 28.6. The molecule has 0 unspecified atom stereocenters. The van der Waals surface area contributed by atoms with Crippen molar-refractivity contribution in [2.24, 2.45) is 0 Å². The van der Waals surface area contributed by atoms with E-state index in [2.05, 4.69) is 68.7 Å². The number of rotatable bonds is 7. The van der Waals surface area contributed by atoms with Gasteiger partial charge in [0.15, 0.2) is 0 Å². The van der Waals surface area contributed by atoms with Crippen molar-refractivity contribution in [3.05, 3.63) is 119 Å². The number of fused-ring (bicyclic) bond motifs is 1. The van der Waals surface area contributed by atoms with E-state index in [0.29, 0.717) is 6.61 Å². The number of hydrogen-bond acceptors (Lipinski definition) is 4. The molecule has 0 saturated carbocycles. The van der Waals surface area contributed by atoms with Gasteiger partial charge in [-0.25, -0.2) is 9.97 Å². The lowest BCUT2D eigenvalue weighted by Crippen LogP contribution is -1.98. The summed E-state index contributed by atoms with van der Waals surface area (Å²) in [5.74, 6) is 1.68. The maximum atomic E-state index is 5.93. The first-order valence-corrected chi connectivity index (χ1v) is 10.5. The standard InChI is InChI=1S/C27H22N4O/c1-2-7-23(17-27-28-19-29-31-27)21(5-1)12-9-20-10-15-25(16-11-20)32-18-24-14-13-22-6-3-4-8-26(22)30-24/h1-16,19H,17-18H2,(H,28,29,31)/b12-9+. The van der Waals surface area contributed by atoms with E-state index < -0.39 is 0 Å². The fourth-order valence-electron chi connectivity index (χ4n) is 3.56. The summed E-state index contributed by atoms with van der Waals surface area (Å²) in [6.45, 7) is 0.440. The van der Waals surface area contributed by atoms with Crippen LogP contribution in [0.15, 0.2) is 91.3 Å². The van der Waals surface area contributed by atoms with E-state index in [4.69, 9.17) is 4.74 Å². The highest BCUT2D eigenvalue weighted by Crippen LogP contribution is 2.19. The Morgan fingerprint density at radius 2 is 1.66 bits per heavy atom. The largest absolute Gasteiger partial charge is 0.487 e. The van der Waals surface area contributed by atoms with E-state index in [1.54, 1.807) is 0 Å². The molecule has 32 heavy (non-hydrogen) atoms. The van der Waals surface area contributed by atoms with E-state index in [1.807, 2.05) is 48.5 Å². The van der Waals surface area contributed by atoms with Crippen LogP contribution in [0.4, 0.5) is 0 Å². The molecule has 5 nitrogen and oxygen atoms in total. The van der Waals surface area contributed by atoms with Crippen molar-refractivity contribution in [2.45, 2.75) is 13.0 Å². The number of nitrogens with zero attached hydrogens (tertiary/aromatic N) is 3. The van der Waals surface area contributed by atoms with Gasteiger partial charge in [0.05, 0.1) is 11.2 Å². The van der Waals surface area contributed by atoms with Crippen molar-refractivity contribution in [1.29, 1.82) is 0 Å². The number of ether oxygens (including phenoxy) is 1. The number of para-hydroxylation sites is 1. The number of H-pyrrole nitrogens is 1. The minimum Gasteiger partial charge on any atom is -0.487 e. The van der Waals surface area contributed by atoms with E-state index in [-0.39, 0.29) is 0 Å². The Morgan fingerprint density at radius 3 is 2.53 bits per heavy atom. The van der Waals surface area contributed by atoms with Crippen molar-refractivity contribution in [3.8, 4) is 5.75 Å². The van der Waals surface area contributed by atoms with Crippen LogP contribution in [0, 0.1) is 0 Å². The first kappa shape index (κ1) is 19.7. The minimum atomic E-state index is 0.440. The van der Waals surface area contributed by atoms with Gasteiger partial charge < -0.3 is 4.74 Å². The van der Waals surface area contributed by atoms with Crippen LogP contribution in [-0.4, -0.2) is 20.2 Å². The van der Waals surface area contributed by atoms with E-state index in [1.165, 1.54) is 11.9 Å². The average molecular weight is 419 g/mol. The second-order valence-corrected chi connectivity index (χ2v) is 7.49. The zero-order valence-electron chi connectivity index (χ0n) is 17.5. The van der Waals surface area contributed by atoms with Gasteiger partial charge in [-0.05, 0) is 41.0 Å². The van der Waals surface area contributed by atoms with Gasteiger partial charge in [0.25, 0.3) is 0 Å². The first-order chi connectivity index (χ1) is 15.8. The number of aromatic nitrogens is 4. The van der Waals surface area contributed by atoms with E-state index >= 15 is 0 Å². The highest BCUT2D eigenvalue weighted by Gasteiger charge is 2.03. The van der Waals surface area contributed by atoms with Crippen molar-refractivity contribution in [3.63, 3.8) is 0 Å². The van der Waals surface area contributed by atoms with Gasteiger partial charge in [-0.15, -0.1) is 0 Å². The van der Waals surface area contributed by atoms with Crippen molar-refractivity contribution in [2.75, 3.05) is 0 Å². The third kappa shape index (κ3) is 4.73. The Kier molecular flexibility index (Phi) is 5.70. The van der Waals surface area contributed by atoms with Crippen molar-refractivity contribution < 1.29 is 4.74 Å². The molecular formula is C27H22N4O. The molecule has 2 aromatic heterocycles. The summed E-state index contributed by atoms with van der Waals surface area (Å²) in [7, 11) is 0. The number of aromatic amines is 1. The van der Waals surface area contributed by atoms with E-state index in [0.717, 1.165) is 45.7 Å². The van der Waals surface area contributed by atoms with Gasteiger partial charge in [-0.1, -0.05) is 72.8 Å². The van der Waals surface area contributed by atoms with Crippen LogP contribution in [-0.2, 0) is 13.0 Å². The summed E-state index contributed by atoms with van der Waals surface area (Å²) in [6.07, 6.45) is 6.48. The fraction of sp³-hybridized carbons (Fsp3) is 0.0741. The van der Waals surface area contributed by atoms with Crippen molar-refractivity contribution in [1.82, 2.24) is 20.2 Å². The number of hydrogen-bond donors (Lipinski definition) is 1. The van der Waals surface area contributed by atoms with Crippen LogP contribution in [0.5, 0.6) is 5.75 Å². The van der Waals surface area contributed by atoms with Gasteiger partial charge in [0.2, 0.25) is 0 Å². The molecule has 5 aromatic rings. The topological polar surface area (TPSA) is 63.7 Å². The molecule has 0 amide bonds. The molecule has 2 heterocycles. The molecule has 0 aliphatic carbocycles. The fourth-order valence-corrected chi connectivity index (χ4v) is 3.56. The number of pyridine rings is 1. The number of benzene rings is 3. The van der Waals surface area contributed by atoms with Crippen LogP contribution < -0.4 is 4.74 Å². The summed E-state index contributed by atoms with van der Waals surface area (Å²) >= 11 is 0.